The second-order valence-electron chi connectivity index (χ2n) is 5.61. The highest BCUT2D eigenvalue weighted by atomic mass is 16.5. The maximum Gasteiger partial charge on any atom is 0.321 e. The van der Waals surface area contributed by atoms with E-state index < -0.39 is 0 Å². The van der Waals surface area contributed by atoms with Gasteiger partial charge in [0.05, 0.1) is 6.10 Å². The van der Waals surface area contributed by atoms with Crippen LogP contribution >= 0.6 is 0 Å². The van der Waals surface area contributed by atoms with Crippen LogP contribution in [0.3, 0.4) is 0 Å². The predicted octanol–water partition coefficient (Wildman–Crippen LogP) is 1.52. The SMILES string of the molecule is O=C(NCC[C@H]1CCCO1)c1cccc(N2CCNC2=O)c1. The molecule has 118 valence electrons. The molecule has 0 aliphatic carbocycles. The average Bonchev–Trinajstić information content (AvgIpc) is 3.19. The lowest BCUT2D eigenvalue weighted by molar-refractivity contribution is 0.0907. The highest BCUT2D eigenvalue weighted by molar-refractivity contribution is 5.98. The van der Waals surface area contributed by atoms with Gasteiger partial charge in [0.2, 0.25) is 0 Å². The number of nitrogens with zero attached hydrogens (tertiary/aromatic N) is 1. The van der Waals surface area contributed by atoms with Crippen molar-refractivity contribution in [3.05, 3.63) is 29.8 Å². The Labute approximate surface area is 129 Å². The molecule has 1 aromatic carbocycles. The molecule has 0 bridgehead atoms. The Morgan fingerprint density at radius 1 is 1.45 bits per heavy atom. The number of hydrogen-bond donors (Lipinski definition) is 2. The number of hydrogen-bond acceptors (Lipinski definition) is 3. The van der Waals surface area contributed by atoms with Crippen molar-refractivity contribution in [2.75, 3.05) is 31.1 Å². The van der Waals surface area contributed by atoms with Gasteiger partial charge >= 0.3 is 6.03 Å². The summed E-state index contributed by atoms with van der Waals surface area (Å²) in [7, 11) is 0. The molecule has 1 aromatic rings. The largest absolute Gasteiger partial charge is 0.378 e. The van der Waals surface area contributed by atoms with Crippen LogP contribution in [0.4, 0.5) is 10.5 Å². The molecule has 2 aliphatic rings. The molecule has 2 fully saturated rings. The smallest absolute Gasteiger partial charge is 0.321 e. The molecule has 0 saturated carbocycles. The topological polar surface area (TPSA) is 70.7 Å². The van der Waals surface area contributed by atoms with Gasteiger partial charge in [-0.25, -0.2) is 4.79 Å². The van der Waals surface area contributed by atoms with E-state index in [4.69, 9.17) is 4.74 Å². The minimum atomic E-state index is -0.115. The van der Waals surface area contributed by atoms with Crippen LogP contribution in [-0.4, -0.2) is 44.3 Å². The Kier molecular flexibility index (Phi) is 4.58. The molecule has 2 aliphatic heterocycles. The third-order valence-electron chi connectivity index (χ3n) is 4.05. The second kappa shape index (κ2) is 6.79. The Morgan fingerprint density at radius 2 is 2.36 bits per heavy atom. The quantitative estimate of drug-likeness (QED) is 0.866. The normalized spacial score (nSPS) is 21.0. The summed E-state index contributed by atoms with van der Waals surface area (Å²) < 4.78 is 5.54. The Morgan fingerprint density at radius 3 is 3.09 bits per heavy atom. The van der Waals surface area contributed by atoms with Crippen LogP contribution in [0.2, 0.25) is 0 Å². The summed E-state index contributed by atoms with van der Waals surface area (Å²) in [5, 5.41) is 5.67. The van der Waals surface area contributed by atoms with Crippen molar-refractivity contribution in [1.82, 2.24) is 10.6 Å². The lowest BCUT2D eigenvalue weighted by Crippen LogP contribution is -2.29. The molecule has 0 aromatic heterocycles. The molecular weight excluding hydrogens is 282 g/mol. The summed E-state index contributed by atoms with van der Waals surface area (Å²) in [4.78, 5) is 25.5. The summed E-state index contributed by atoms with van der Waals surface area (Å²) >= 11 is 0. The summed E-state index contributed by atoms with van der Waals surface area (Å²) in [6.45, 7) is 2.70. The van der Waals surface area contributed by atoms with Crippen molar-refractivity contribution in [3.63, 3.8) is 0 Å². The first kappa shape index (κ1) is 14.8. The lowest BCUT2D eigenvalue weighted by Gasteiger charge is -2.15. The Hall–Kier alpha value is -2.08. The van der Waals surface area contributed by atoms with E-state index in [9.17, 15) is 9.59 Å². The van der Waals surface area contributed by atoms with Crippen LogP contribution in [0.1, 0.15) is 29.6 Å². The predicted molar refractivity (Wildman–Crippen MR) is 83.1 cm³/mol. The molecule has 2 N–H and O–H groups in total. The molecule has 0 spiro atoms. The van der Waals surface area contributed by atoms with E-state index in [0.717, 1.165) is 31.6 Å². The van der Waals surface area contributed by atoms with E-state index in [1.54, 1.807) is 23.1 Å². The third-order valence-corrected chi connectivity index (χ3v) is 4.05. The van der Waals surface area contributed by atoms with E-state index in [0.29, 0.717) is 25.2 Å². The summed E-state index contributed by atoms with van der Waals surface area (Å²) in [6, 6.07) is 7.05. The number of carbonyl (C=O) groups excluding carboxylic acids is 2. The van der Waals surface area contributed by atoms with Crippen molar-refractivity contribution in [2.45, 2.75) is 25.4 Å². The van der Waals surface area contributed by atoms with Gasteiger partial charge in [0.25, 0.3) is 5.91 Å². The molecule has 2 saturated heterocycles. The first-order chi connectivity index (χ1) is 10.7. The molecule has 22 heavy (non-hydrogen) atoms. The summed E-state index contributed by atoms with van der Waals surface area (Å²) in [5.74, 6) is -0.112. The van der Waals surface area contributed by atoms with E-state index in [1.807, 2.05) is 6.07 Å². The molecule has 3 rings (SSSR count). The van der Waals surface area contributed by atoms with Gasteiger partial charge in [-0.3, -0.25) is 9.69 Å². The zero-order valence-electron chi connectivity index (χ0n) is 12.5. The van der Waals surface area contributed by atoms with Crippen LogP contribution in [0, 0.1) is 0 Å². The van der Waals surface area contributed by atoms with Crippen LogP contribution in [0.25, 0.3) is 0 Å². The number of ether oxygens (including phenoxy) is 1. The second-order valence-corrected chi connectivity index (χ2v) is 5.61. The minimum absolute atomic E-state index is 0.112. The van der Waals surface area contributed by atoms with Crippen LogP contribution < -0.4 is 15.5 Å². The van der Waals surface area contributed by atoms with Crippen molar-refractivity contribution >= 4 is 17.6 Å². The van der Waals surface area contributed by atoms with Crippen LogP contribution in [0.15, 0.2) is 24.3 Å². The average molecular weight is 303 g/mol. The third kappa shape index (κ3) is 3.39. The molecule has 0 unspecified atom stereocenters. The van der Waals surface area contributed by atoms with Gasteiger partial charge in [-0.15, -0.1) is 0 Å². The van der Waals surface area contributed by atoms with Crippen molar-refractivity contribution < 1.29 is 14.3 Å². The Bertz CT molecular complexity index is 555. The van der Waals surface area contributed by atoms with Gasteiger partial charge < -0.3 is 15.4 Å². The van der Waals surface area contributed by atoms with Crippen molar-refractivity contribution in [3.8, 4) is 0 Å². The van der Waals surface area contributed by atoms with Gasteiger partial charge in [-0.1, -0.05) is 6.07 Å². The number of urea groups is 1. The van der Waals surface area contributed by atoms with Crippen LogP contribution in [0.5, 0.6) is 0 Å². The number of rotatable bonds is 5. The molecule has 3 amide bonds. The number of amides is 3. The molecule has 2 heterocycles. The maximum absolute atomic E-state index is 12.2. The first-order valence-electron chi connectivity index (χ1n) is 7.79. The highest BCUT2D eigenvalue weighted by Crippen LogP contribution is 2.18. The van der Waals surface area contributed by atoms with E-state index in [1.165, 1.54) is 0 Å². The van der Waals surface area contributed by atoms with Gasteiger partial charge in [0.1, 0.15) is 0 Å². The fourth-order valence-corrected chi connectivity index (χ4v) is 2.85. The van der Waals surface area contributed by atoms with Crippen molar-refractivity contribution in [2.24, 2.45) is 0 Å². The molecule has 1 atom stereocenters. The summed E-state index contributed by atoms with van der Waals surface area (Å²) in [6.07, 6.45) is 3.31. The van der Waals surface area contributed by atoms with Crippen molar-refractivity contribution in [1.29, 1.82) is 0 Å². The number of nitrogens with one attached hydrogen (secondary N) is 2. The zero-order chi connectivity index (χ0) is 15.4. The zero-order valence-corrected chi connectivity index (χ0v) is 12.5. The molecule has 0 radical (unpaired) electrons. The minimum Gasteiger partial charge on any atom is -0.378 e. The van der Waals surface area contributed by atoms with Gasteiger partial charge in [-0.05, 0) is 37.5 Å². The monoisotopic (exact) mass is 303 g/mol. The van der Waals surface area contributed by atoms with Gasteiger partial charge in [-0.2, -0.15) is 0 Å². The van der Waals surface area contributed by atoms with Gasteiger partial charge in [0.15, 0.2) is 0 Å². The maximum atomic E-state index is 12.2. The van der Waals surface area contributed by atoms with Crippen LogP contribution in [-0.2, 0) is 4.74 Å². The first-order valence-corrected chi connectivity index (χ1v) is 7.79. The number of anilines is 1. The lowest BCUT2D eigenvalue weighted by atomic mass is 10.1. The Balaban J connectivity index is 1.56. The highest BCUT2D eigenvalue weighted by Gasteiger charge is 2.22. The number of benzene rings is 1. The fourth-order valence-electron chi connectivity index (χ4n) is 2.85. The summed E-state index contributed by atoms with van der Waals surface area (Å²) in [5.41, 5.74) is 1.33. The van der Waals surface area contributed by atoms with E-state index in [2.05, 4.69) is 10.6 Å². The van der Waals surface area contributed by atoms with E-state index in [-0.39, 0.29) is 18.0 Å². The van der Waals surface area contributed by atoms with E-state index >= 15 is 0 Å². The number of carbonyl (C=O) groups is 2. The molecular formula is C16H21N3O3. The molecule has 6 nitrogen and oxygen atoms in total. The molecule has 6 heteroatoms. The standard InChI is InChI=1S/C16H21N3O3/c20-15(17-7-6-14-5-2-10-22-14)12-3-1-4-13(11-12)19-9-8-18-16(19)21/h1,3-4,11,14H,2,5-10H2,(H,17,20)(H,18,21)/t14-/m1/s1. The van der Waals surface area contributed by atoms with Gasteiger partial charge in [0, 0.05) is 37.5 Å². The fraction of sp³-hybridized carbons (Fsp3) is 0.500.